The average Bonchev–Trinajstić information content (AvgIpc) is 2.57. The molecule has 0 saturated heterocycles. The summed E-state index contributed by atoms with van der Waals surface area (Å²) in [4.78, 5) is 12.6. The molecular formula is C16H14O8. The summed E-state index contributed by atoms with van der Waals surface area (Å²) < 4.78 is 10.6. The van der Waals surface area contributed by atoms with E-state index in [2.05, 4.69) is 0 Å². The number of Topliss-reactive ketones (excluding diaryl/α,β-unsaturated/α-hetero) is 1. The first kappa shape index (κ1) is 16.1. The van der Waals surface area contributed by atoms with Crippen LogP contribution in [0.3, 0.4) is 0 Å². The zero-order valence-electron chi connectivity index (χ0n) is 12.4. The Balaban J connectivity index is 2.31. The van der Waals surface area contributed by atoms with Crippen LogP contribution in [-0.4, -0.2) is 44.2 Å². The molecular weight excluding hydrogens is 320 g/mol. The van der Waals surface area contributed by atoms with Crippen molar-refractivity contribution in [3.05, 3.63) is 47.5 Å². The molecule has 5 N–H and O–H groups in total. The minimum atomic E-state index is -3.21. The number of rotatable bonds is 2. The summed E-state index contributed by atoms with van der Waals surface area (Å²) >= 11 is 0. The van der Waals surface area contributed by atoms with Gasteiger partial charge in [0.1, 0.15) is 11.3 Å². The first-order chi connectivity index (χ1) is 11.3. The van der Waals surface area contributed by atoms with Crippen LogP contribution in [0.25, 0.3) is 0 Å². The Morgan fingerprint density at radius 3 is 2.25 bits per heavy atom. The van der Waals surface area contributed by atoms with E-state index in [4.69, 9.17) is 9.47 Å². The number of phenols is 3. The molecule has 0 aromatic heterocycles. The predicted octanol–water partition coefficient (Wildman–Crippen LogP) is 0.559. The molecule has 2 aromatic carbocycles. The van der Waals surface area contributed by atoms with Gasteiger partial charge >= 0.3 is 5.79 Å². The number of carbonyl (C=O) groups is 1. The monoisotopic (exact) mass is 334 g/mol. The highest BCUT2D eigenvalue weighted by Gasteiger charge is 2.64. The van der Waals surface area contributed by atoms with Crippen LogP contribution in [0.15, 0.2) is 36.4 Å². The average molecular weight is 334 g/mol. The van der Waals surface area contributed by atoms with Gasteiger partial charge in [-0.05, 0) is 0 Å². The van der Waals surface area contributed by atoms with Gasteiger partial charge in [-0.3, -0.25) is 4.79 Å². The Hall–Kier alpha value is -2.81. The zero-order valence-corrected chi connectivity index (χ0v) is 12.4. The molecule has 2 aromatic rings. The molecule has 0 aliphatic carbocycles. The third-order valence-electron chi connectivity index (χ3n) is 3.92. The van der Waals surface area contributed by atoms with E-state index in [9.17, 15) is 30.3 Å². The topological polar surface area (TPSA) is 137 Å². The van der Waals surface area contributed by atoms with Gasteiger partial charge in [-0.1, -0.05) is 30.3 Å². The zero-order chi connectivity index (χ0) is 17.7. The van der Waals surface area contributed by atoms with Crippen LogP contribution in [0.4, 0.5) is 0 Å². The van der Waals surface area contributed by atoms with Gasteiger partial charge in [0.05, 0.1) is 0 Å². The summed E-state index contributed by atoms with van der Waals surface area (Å²) in [6.07, 6.45) is 0. The van der Waals surface area contributed by atoms with Crippen molar-refractivity contribution >= 4 is 5.78 Å². The van der Waals surface area contributed by atoms with Crippen molar-refractivity contribution in [1.29, 1.82) is 0 Å². The maximum Gasteiger partial charge on any atom is 0.301 e. The predicted molar refractivity (Wildman–Crippen MR) is 78.7 cm³/mol. The summed E-state index contributed by atoms with van der Waals surface area (Å²) in [6.45, 7) is 0. The number of hydrogen-bond acceptors (Lipinski definition) is 8. The van der Waals surface area contributed by atoms with Gasteiger partial charge in [-0.2, -0.15) is 0 Å². The number of aromatic hydroxyl groups is 3. The molecule has 1 aliphatic heterocycles. The fourth-order valence-corrected chi connectivity index (χ4v) is 2.69. The first-order valence-corrected chi connectivity index (χ1v) is 6.83. The minimum absolute atomic E-state index is 0.114. The van der Waals surface area contributed by atoms with Crippen LogP contribution >= 0.6 is 0 Å². The van der Waals surface area contributed by atoms with Crippen molar-refractivity contribution in [3.8, 4) is 23.0 Å². The van der Waals surface area contributed by atoms with E-state index in [1.165, 1.54) is 12.1 Å². The van der Waals surface area contributed by atoms with E-state index in [0.29, 0.717) is 0 Å². The molecule has 0 bridgehead atoms. The molecule has 126 valence electrons. The maximum absolute atomic E-state index is 12.6. The number of ketones is 1. The molecule has 0 amide bonds. The highest BCUT2D eigenvalue weighted by molar-refractivity contribution is 6.08. The van der Waals surface area contributed by atoms with Gasteiger partial charge in [0, 0.05) is 18.7 Å². The fourth-order valence-electron chi connectivity index (χ4n) is 2.69. The number of hydrogen-bond donors (Lipinski definition) is 5. The summed E-state index contributed by atoms with van der Waals surface area (Å²) in [7, 11) is 1.10. The van der Waals surface area contributed by atoms with Crippen molar-refractivity contribution in [2.45, 2.75) is 11.6 Å². The van der Waals surface area contributed by atoms with Gasteiger partial charge in [0.25, 0.3) is 5.79 Å². The van der Waals surface area contributed by atoms with Crippen LogP contribution in [0.5, 0.6) is 23.0 Å². The normalized spacial score (nSPS) is 21.9. The maximum atomic E-state index is 12.6. The molecule has 8 heteroatoms. The van der Waals surface area contributed by atoms with E-state index < -0.39 is 40.2 Å². The first-order valence-electron chi connectivity index (χ1n) is 6.83. The van der Waals surface area contributed by atoms with Crippen molar-refractivity contribution in [2.75, 3.05) is 7.11 Å². The minimum Gasteiger partial charge on any atom is -0.504 e. The lowest BCUT2D eigenvalue weighted by atomic mass is 9.86. The Bertz CT molecular complexity index is 815. The fraction of sp³-hybridized carbons (Fsp3) is 0.188. The lowest BCUT2D eigenvalue weighted by Crippen LogP contribution is -2.63. The molecule has 0 fully saturated rings. The molecule has 1 unspecified atom stereocenters. The molecule has 1 aliphatic rings. The van der Waals surface area contributed by atoms with E-state index in [0.717, 1.165) is 13.2 Å². The lowest BCUT2D eigenvalue weighted by Gasteiger charge is -2.44. The highest BCUT2D eigenvalue weighted by Crippen LogP contribution is 2.52. The quantitative estimate of drug-likeness (QED) is 0.397. The van der Waals surface area contributed by atoms with Crippen LogP contribution < -0.4 is 4.74 Å². The van der Waals surface area contributed by atoms with Gasteiger partial charge in [-0.25, -0.2) is 0 Å². The molecule has 1 atom stereocenters. The number of ether oxygens (including phenoxy) is 2. The van der Waals surface area contributed by atoms with Crippen LogP contribution in [0, 0.1) is 0 Å². The second-order valence-electron chi connectivity index (χ2n) is 5.26. The van der Waals surface area contributed by atoms with Crippen LogP contribution in [-0.2, 0) is 10.5 Å². The number of methoxy groups -OCH3 is 1. The third-order valence-corrected chi connectivity index (χ3v) is 3.92. The van der Waals surface area contributed by atoms with Gasteiger partial charge in [-0.15, -0.1) is 0 Å². The molecule has 0 radical (unpaired) electrons. The van der Waals surface area contributed by atoms with Gasteiger partial charge in [0.15, 0.2) is 11.5 Å². The molecule has 0 spiro atoms. The Labute approximate surface area is 135 Å². The number of benzene rings is 2. The highest BCUT2D eigenvalue weighted by atomic mass is 16.7. The standard InChI is InChI=1S/C16H14O8/c1-23-16(8-5-3-2-4-6-8)15(21,22)14(20)11-10(24-16)7-9(17)12(18)13(11)19/h2-7,17-19,21-22H,1H3. The molecule has 8 nitrogen and oxygen atoms in total. The largest absolute Gasteiger partial charge is 0.504 e. The molecule has 0 saturated carbocycles. The van der Waals surface area contributed by atoms with E-state index >= 15 is 0 Å². The van der Waals surface area contributed by atoms with Crippen LogP contribution in [0.2, 0.25) is 0 Å². The van der Waals surface area contributed by atoms with Crippen molar-refractivity contribution < 1.29 is 39.8 Å². The molecule has 1 heterocycles. The Kier molecular flexibility index (Phi) is 3.41. The SMILES string of the molecule is COC1(c2ccccc2)Oc2cc(O)c(O)c(O)c2C(=O)C1(O)O. The van der Waals surface area contributed by atoms with Crippen molar-refractivity contribution in [2.24, 2.45) is 0 Å². The Morgan fingerprint density at radius 1 is 1.04 bits per heavy atom. The molecule has 24 heavy (non-hydrogen) atoms. The second-order valence-corrected chi connectivity index (χ2v) is 5.26. The van der Waals surface area contributed by atoms with E-state index in [1.54, 1.807) is 18.2 Å². The summed E-state index contributed by atoms with van der Waals surface area (Å²) in [5.41, 5.74) is -0.567. The van der Waals surface area contributed by atoms with Crippen molar-refractivity contribution in [3.63, 3.8) is 0 Å². The van der Waals surface area contributed by atoms with Gasteiger partial charge < -0.3 is 35.0 Å². The van der Waals surface area contributed by atoms with E-state index in [1.807, 2.05) is 0 Å². The lowest BCUT2D eigenvalue weighted by molar-refractivity contribution is -0.338. The Morgan fingerprint density at radius 2 is 1.67 bits per heavy atom. The summed E-state index contributed by atoms with van der Waals surface area (Å²) in [5.74, 6) is -10.0. The number of phenolic OH excluding ortho intramolecular Hbond substituents is 3. The summed E-state index contributed by atoms with van der Waals surface area (Å²) in [5, 5.41) is 49.9. The van der Waals surface area contributed by atoms with E-state index in [-0.39, 0.29) is 11.3 Å². The van der Waals surface area contributed by atoms with Crippen LogP contribution in [0.1, 0.15) is 15.9 Å². The smallest absolute Gasteiger partial charge is 0.301 e. The number of carbonyl (C=O) groups excluding carboxylic acids is 1. The second kappa shape index (κ2) is 5.10. The third kappa shape index (κ3) is 1.88. The number of aliphatic hydroxyl groups is 2. The summed E-state index contributed by atoms with van der Waals surface area (Å²) in [6, 6.07) is 8.57. The number of fused-ring (bicyclic) bond motifs is 1. The molecule has 3 rings (SSSR count). The van der Waals surface area contributed by atoms with Gasteiger partial charge in [0.2, 0.25) is 11.5 Å². The van der Waals surface area contributed by atoms with Crippen molar-refractivity contribution in [1.82, 2.24) is 0 Å².